The molecule has 3 aromatic rings. The van der Waals surface area contributed by atoms with Crippen molar-refractivity contribution in [3.63, 3.8) is 0 Å². The fourth-order valence-corrected chi connectivity index (χ4v) is 2.47. The van der Waals surface area contributed by atoms with E-state index in [0.29, 0.717) is 10.6 Å². The Morgan fingerprint density at radius 1 is 1.04 bits per heavy atom. The minimum Gasteiger partial charge on any atom is -0.339 e. The number of carbonyl (C=O) groups is 1. The normalized spacial score (nSPS) is 11.7. The molecule has 0 aliphatic rings. The number of nitrogens with zero attached hydrogens (tertiary/aromatic N) is 2. The van der Waals surface area contributed by atoms with Crippen molar-refractivity contribution < 1.29 is 4.79 Å². The number of rotatable bonds is 4. The number of halogens is 1. The van der Waals surface area contributed by atoms with Crippen LogP contribution in [0.15, 0.2) is 73.2 Å². The molecular formula is C18H14ClN3O. The lowest BCUT2D eigenvalue weighted by atomic mass is 10.0. The monoisotopic (exact) mass is 323 g/mol. The van der Waals surface area contributed by atoms with Gasteiger partial charge in [-0.3, -0.25) is 14.8 Å². The van der Waals surface area contributed by atoms with Gasteiger partial charge in [0.25, 0.3) is 5.91 Å². The summed E-state index contributed by atoms with van der Waals surface area (Å²) in [4.78, 5) is 20.8. The number of hydrogen-bond acceptors (Lipinski definition) is 3. The summed E-state index contributed by atoms with van der Waals surface area (Å²) in [5.41, 5.74) is 2.11. The molecule has 0 saturated heterocycles. The highest BCUT2D eigenvalue weighted by Crippen LogP contribution is 2.23. The van der Waals surface area contributed by atoms with E-state index in [1.165, 1.54) is 6.20 Å². The van der Waals surface area contributed by atoms with E-state index in [0.717, 1.165) is 11.3 Å². The van der Waals surface area contributed by atoms with Crippen molar-refractivity contribution in [1.29, 1.82) is 0 Å². The number of hydrogen-bond donors (Lipinski definition) is 1. The fraction of sp³-hybridized carbons (Fsp3) is 0.0556. The Labute approximate surface area is 139 Å². The zero-order valence-corrected chi connectivity index (χ0v) is 12.9. The number of pyridine rings is 2. The van der Waals surface area contributed by atoms with Crippen molar-refractivity contribution >= 4 is 17.5 Å². The molecular weight excluding hydrogens is 310 g/mol. The molecule has 3 rings (SSSR count). The van der Waals surface area contributed by atoms with Gasteiger partial charge in [-0.25, -0.2) is 0 Å². The summed E-state index contributed by atoms with van der Waals surface area (Å²) in [5, 5.41) is 3.60. The molecule has 0 aliphatic heterocycles. The first-order valence-corrected chi connectivity index (χ1v) is 7.49. The molecule has 0 aliphatic carbocycles. The van der Waals surface area contributed by atoms with E-state index in [1.807, 2.05) is 36.4 Å². The lowest BCUT2D eigenvalue weighted by Gasteiger charge is -2.19. The van der Waals surface area contributed by atoms with E-state index >= 15 is 0 Å². The van der Waals surface area contributed by atoms with Crippen LogP contribution in [0.4, 0.5) is 0 Å². The number of carbonyl (C=O) groups excluding carboxylic acids is 1. The first-order chi connectivity index (χ1) is 11.2. The van der Waals surface area contributed by atoms with Gasteiger partial charge in [0, 0.05) is 23.6 Å². The van der Waals surface area contributed by atoms with Crippen molar-refractivity contribution in [3.8, 4) is 0 Å². The minimum absolute atomic E-state index is 0.214. The predicted octanol–water partition coefficient (Wildman–Crippen LogP) is 3.65. The Hall–Kier alpha value is -2.72. The summed E-state index contributed by atoms with van der Waals surface area (Å²) in [6.07, 6.45) is 4.86. The van der Waals surface area contributed by atoms with E-state index < -0.39 is 0 Å². The number of nitrogens with one attached hydrogen (secondary N) is 1. The van der Waals surface area contributed by atoms with Crippen LogP contribution in [0.3, 0.4) is 0 Å². The predicted molar refractivity (Wildman–Crippen MR) is 89.2 cm³/mol. The van der Waals surface area contributed by atoms with Crippen LogP contribution in [-0.2, 0) is 0 Å². The Morgan fingerprint density at radius 3 is 2.65 bits per heavy atom. The molecule has 2 heterocycles. The number of amides is 1. The fourth-order valence-electron chi connectivity index (χ4n) is 2.27. The highest BCUT2D eigenvalue weighted by atomic mass is 35.5. The Kier molecular flexibility index (Phi) is 4.64. The maximum absolute atomic E-state index is 12.5. The van der Waals surface area contributed by atoms with Gasteiger partial charge >= 0.3 is 0 Å². The van der Waals surface area contributed by atoms with Gasteiger partial charge in [0.15, 0.2) is 0 Å². The summed E-state index contributed by atoms with van der Waals surface area (Å²) < 4.78 is 0. The topological polar surface area (TPSA) is 54.9 Å². The first kappa shape index (κ1) is 15.2. The molecule has 0 radical (unpaired) electrons. The van der Waals surface area contributed by atoms with Crippen molar-refractivity contribution in [2.45, 2.75) is 6.04 Å². The lowest BCUT2D eigenvalue weighted by Crippen LogP contribution is -2.30. The molecule has 0 saturated carbocycles. The van der Waals surface area contributed by atoms with Gasteiger partial charge in [-0.05, 0) is 42.0 Å². The molecule has 1 amide bonds. The molecule has 5 heteroatoms. The molecule has 2 aromatic heterocycles. The summed E-state index contributed by atoms with van der Waals surface area (Å²) in [6.45, 7) is 0. The minimum atomic E-state index is -0.386. The van der Waals surface area contributed by atoms with Crippen LogP contribution in [-0.4, -0.2) is 15.9 Å². The number of benzene rings is 1. The molecule has 1 unspecified atom stereocenters. The van der Waals surface area contributed by atoms with Crippen LogP contribution >= 0.6 is 11.6 Å². The van der Waals surface area contributed by atoms with E-state index in [4.69, 9.17) is 11.6 Å². The Balaban J connectivity index is 1.94. The molecule has 1 aromatic carbocycles. The van der Waals surface area contributed by atoms with E-state index in [9.17, 15) is 4.79 Å². The summed E-state index contributed by atoms with van der Waals surface area (Å²) >= 11 is 6.09. The molecule has 1 atom stereocenters. The third-order valence-corrected chi connectivity index (χ3v) is 3.60. The van der Waals surface area contributed by atoms with Crippen molar-refractivity contribution in [1.82, 2.24) is 15.3 Å². The van der Waals surface area contributed by atoms with Gasteiger partial charge in [0.2, 0.25) is 0 Å². The van der Waals surface area contributed by atoms with Crippen LogP contribution in [0, 0.1) is 0 Å². The van der Waals surface area contributed by atoms with Gasteiger partial charge in [-0.15, -0.1) is 0 Å². The molecule has 1 N–H and O–H groups in total. The maximum Gasteiger partial charge on any atom is 0.253 e. The first-order valence-electron chi connectivity index (χ1n) is 7.11. The molecule has 114 valence electrons. The quantitative estimate of drug-likeness (QED) is 0.797. The van der Waals surface area contributed by atoms with Gasteiger partial charge in [0.1, 0.15) is 0 Å². The van der Waals surface area contributed by atoms with Crippen LogP contribution < -0.4 is 5.32 Å². The lowest BCUT2D eigenvalue weighted by molar-refractivity contribution is 0.0942. The molecule has 23 heavy (non-hydrogen) atoms. The molecule has 0 spiro atoms. The van der Waals surface area contributed by atoms with Crippen LogP contribution in [0.2, 0.25) is 5.02 Å². The zero-order chi connectivity index (χ0) is 16.1. The second-order valence-corrected chi connectivity index (χ2v) is 5.39. The third-order valence-electron chi connectivity index (χ3n) is 3.36. The average Bonchev–Trinajstić information content (AvgIpc) is 2.61. The second kappa shape index (κ2) is 7.03. The Morgan fingerprint density at radius 2 is 1.96 bits per heavy atom. The SMILES string of the molecule is O=C(NC(c1cccc(Cl)c1)c1ccccn1)c1cccnc1. The zero-order valence-electron chi connectivity index (χ0n) is 12.2. The summed E-state index contributed by atoms with van der Waals surface area (Å²) in [5.74, 6) is -0.214. The average molecular weight is 324 g/mol. The highest BCUT2D eigenvalue weighted by Gasteiger charge is 2.19. The van der Waals surface area contributed by atoms with Crippen LogP contribution in [0.5, 0.6) is 0 Å². The summed E-state index contributed by atoms with van der Waals surface area (Å²) in [6, 6.07) is 16.0. The molecule has 0 fully saturated rings. The third kappa shape index (κ3) is 3.73. The molecule has 0 bridgehead atoms. The molecule has 4 nitrogen and oxygen atoms in total. The van der Waals surface area contributed by atoms with Crippen molar-refractivity contribution in [3.05, 3.63) is 95.0 Å². The summed E-state index contributed by atoms with van der Waals surface area (Å²) in [7, 11) is 0. The van der Waals surface area contributed by atoms with E-state index in [2.05, 4.69) is 15.3 Å². The smallest absolute Gasteiger partial charge is 0.253 e. The Bertz CT molecular complexity index is 794. The maximum atomic E-state index is 12.5. The second-order valence-electron chi connectivity index (χ2n) is 4.96. The van der Waals surface area contributed by atoms with Crippen LogP contribution in [0.1, 0.15) is 27.7 Å². The van der Waals surface area contributed by atoms with Gasteiger partial charge in [-0.1, -0.05) is 29.8 Å². The van der Waals surface area contributed by atoms with Gasteiger partial charge < -0.3 is 5.32 Å². The number of aromatic nitrogens is 2. The van der Waals surface area contributed by atoms with Gasteiger partial charge in [-0.2, -0.15) is 0 Å². The van der Waals surface area contributed by atoms with E-state index in [1.54, 1.807) is 30.6 Å². The largest absolute Gasteiger partial charge is 0.339 e. The standard InChI is InChI=1S/C18H14ClN3O/c19-15-7-3-5-13(11-15)17(16-8-1-2-10-21-16)22-18(23)14-6-4-9-20-12-14/h1-12,17H,(H,22,23). The van der Waals surface area contributed by atoms with E-state index in [-0.39, 0.29) is 11.9 Å². The van der Waals surface area contributed by atoms with Crippen LogP contribution in [0.25, 0.3) is 0 Å². The van der Waals surface area contributed by atoms with Gasteiger partial charge in [0.05, 0.1) is 17.3 Å². The van der Waals surface area contributed by atoms with Crippen molar-refractivity contribution in [2.24, 2.45) is 0 Å². The highest BCUT2D eigenvalue weighted by molar-refractivity contribution is 6.30. The van der Waals surface area contributed by atoms with Crippen molar-refractivity contribution in [2.75, 3.05) is 0 Å².